The Morgan fingerprint density at radius 1 is 1.12 bits per heavy atom. The molecule has 1 aromatic rings. The fourth-order valence-corrected chi connectivity index (χ4v) is 3.85. The molecule has 1 aromatic carbocycles. The topological polar surface area (TPSA) is 63.7 Å². The molecule has 0 N–H and O–H groups in total. The maximum Gasteiger partial charge on any atom is 0.271 e. The number of ketones is 1. The Kier molecular flexibility index (Phi) is 3.17. The third-order valence-electron chi connectivity index (χ3n) is 5.22. The molecule has 5 nitrogen and oxygen atoms in total. The monoisotopic (exact) mass is 325 g/mol. The van der Waals surface area contributed by atoms with Crippen molar-refractivity contribution in [3.05, 3.63) is 47.2 Å². The maximum absolute atomic E-state index is 12.9. The number of hydrogen-bond acceptors (Lipinski definition) is 4. The Morgan fingerprint density at radius 3 is 2.54 bits per heavy atom. The highest BCUT2D eigenvalue weighted by Gasteiger charge is 2.59. The molecule has 4 rings (SSSR count). The first-order valence-electron chi connectivity index (χ1n) is 8.24. The second kappa shape index (κ2) is 5.03. The van der Waals surface area contributed by atoms with Crippen LogP contribution < -0.4 is 0 Å². The summed E-state index contributed by atoms with van der Waals surface area (Å²) in [4.78, 5) is 39.2. The highest BCUT2D eigenvalue weighted by molar-refractivity contribution is 6.14. The molecular formula is C19H19NO4. The van der Waals surface area contributed by atoms with Crippen LogP contribution in [0.1, 0.15) is 32.3 Å². The Balaban J connectivity index is 1.68. The Bertz CT molecular complexity index is 778. The molecular weight excluding hydrogens is 306 g/mol. The normalized spacial score (nSPS) is 28.1. The van der Waals surface area contributed by atoms with Crippen LogP contribution in [0.2, 0.25) is 0 Å². The summed E-state index contributed by atoms with van der Waals surface area (Å²) in [7, 11) is 0. The number of benzene rings is 1. The molecule has 2 atom stereocenters. The van der Waals surface area contributed by atoms with Gasteiger partial charge in [0.25, 0.3) is 5.91 Å². The summed E-state index contributed by atoms with van der Waals surface area (Å²) in [6.45, 7) is 4.20. The molecule has 2 heterocycles. The first-order valence-corrected chi connectivity index (χ1v) is 8.24. The van der Waals surface area contributed by atoms with Gasteiger partial charge >= 0.3 is 0 Å². The minimum absolute atomic E-state index is 0.0560. The van der Waals surface area contributed by atoms with Crippen molar-refractivity contribution in [3.63, 3.8) is 0 Å². The van der Waals surface area contributed by atoms with E-state index in [4.69, 9.17) is 4.74 Å². The van der Waals surface area contributed by atoms with Crippen LogP contribution in [0.3, 0.4) is 0 Å². The molecule has 2 amide bonds. The predicted molar refractivity (Wildman–Crippen MR) is 85.4 cm³/mol. The van der Waals surface area contributed by atoms with Gasteiger partial charge in [-0.2, -0.15) is 0 Å². The van der Waals surface area contributed by atoms with Gasteiger partial charge in [0, 0.05) is 11.8 Å². The lowest BCUT2D eigenvalue weighted by atomic mass is 9.75. The molecule has 0 spiro atoms. The molecule has 1 saturated heterocycles. The maximum atomic E-state index is 12.9. The minimum Gasteiger partial charge on any atom is -0.483 e. The quantitative estimate of drug-likeness (QED) is 0.782. The van der Waals surface area contributed by atoms with Crippen LogP contribution >= 0.6 is 0 Å². The highest BCUT2D eigenvalue weighted by Crippen LogP contribution is 2.50. The SMILES string of the molecule is CC1(C)CCC(=O)C2=C1O[C@@H]1C(=O)N(Cc3ccccc3)C(=O)[C@H]21. The van der Waals surface area contributed by atoms with Crippen LogP contribution in [-0.2, 0) is 25.7 Å². The van der Waals surface area contributed by atoms with E-state index in [2.05, 4.69) is 0 Å². The van der Waals surface area contributed by atoms with Gasteiger partial charge in [-0.1, -0.05) is 44.2 Å². The standard InChI is InChI=1S/C19H19NO4/c1-19(2)9-8-12(21)13-14-15(24-16(13)19)18(23)20(17(14)22)10-11-6-4-3-5-7-11/h3-7,14-15H,8-10H2,1-2H3/t14-,15+/m1/s1. The largest absolute Gasteiger partial charge is 0.483 e. The van der Waals surface area contributed by atoms with Gasteiger partial charge < -0.3 is 4.74 Å². The van der Waals surface area contributed by atoms with E-state index < -0.39 is 12.0 Å². The molecule has 0 bridgehead atoms. The summed E-state index contributed by atoms with van der Waals surface area (Å²) in [5, 5.41) is 0. The summed E-state index contributed by atoms with van der Waals surface area (Å²) in [5.41, 5.74) is 1.01. The number of carbonyl (C=O) groups is 3. The smallest absolute Gasteiger partial charge is 0.271 e. The van der Waals surface area contributed by atoms with Crippen LogP contribution in [0.15, 0.2) is 41.7 Å². The van der Waals surface area contributed by atoms with E-state index in [-0.39, 0.29) is 29.6 Å². The van der Waals surface area contributed by atoms with E-state index in [1.165, 1.54) is 4.90 Å². The number of likely N-dealkylation sites (tertiary alicyclic amines) is 1. The molecule has 1 aliphatic carbocycles. The number of amides is 2. The van der Waals surface area contributed by atoms with Crippen molar-refractivity contribution in [2.24, 2.45) is 11.3 Å². The number of nitrogens with zero attached hydrogens (tertiary/aromatic N) is 1. The Hall–Kier alpha value is -2.43. The van der Waals surface area contributed by atoms with E-state index in [0.717, 1.165) is 5.56 Å². The van der Waals surface area contributed by atoms with Crippen molar-refractivity contribution in [2.75, 3.05) is 0 Å². The van der Waals surface area contributed by atoms with Crippen molar-refractivity contribution >= 4 is 17.6 Å². The average Bonchev–Trinajstić information content (AvgIpc) is 3.07. The van der Waals surface area contributed by atoms with E-state index in [9.17, 15) is 14.4 Å². The van der Waals surface area contributed by atoms with Crippen molar-refractivity contribution in [1.82, 2.24) is 4.90 Å². The summed E-state index contributed by atoms with van der Waals surface area (Å²) < 4.78 is 5.87. The number of allylic oxidation sites excluding steroid dienone is 1. The molecule has 0 aromatic heterocycles. The van der Waals surface area contributed by atoms with Gasteiger partial charge in [-0.05, 0) is 12.0 Å². The van der Waals surface area contributed by atoms with Crippen LogP contribution in [0.4, 0.5) is 0 Å². The van der Waals surface area contributed by atoms with Crippen LogP contribution in [0.25, 0.3) is 0 Å². The van der Waals surface area contributed by atoms with Gasteiger partial charge in [0.15, 0.2) is 11.9 Å². The zero-order valence-corrected chi connectivity index (χ0v) is 13.7. The first-order chi connectivity index (χ1) is 11.4. The number of rotatable bonds is 2. The first kappa shape index (κ1) is 15.1. The lowest BCUT2D eigenvalue weighted by Gasteiger charge is -2.31. The van der Waals surface area contributed by atoms with E-state index in [0.29, 0.717) is 24.2 Å². The molecule has 5 heteroatoms. The number of imide groups is 1. The van der Waals surface area contributed by atoms with Crippen LogP contribution in [-0.4, -0.2) is 28.6 Å². The molecule has 0 radical (unpaired) electrons. The van der Waals surface area contributed by atoms with Crippen molar-refractivity contribution in [3.8, 4) is 0 Å². The molecule has 0 saturated carbocycles. The third kappa shape index (κ3) is 2.04. The predicted octanol–water partition coefficient (Wildman–Crippen LogP) is 2.21. The summed E-state index contributed by atoms with van der Waals surface area (Å²) in [6.07, 6.45) is 0.214. The molecule has 2 aliphatic heterocycles. The van der Waals surface area contributed by atoms with Gasteiger partial charge in [-0.25, -0.2) is 0 Å². The third-order valence-corrected chi connectivity index (χ3v) is 5.22. The lowest BCUT2D eigenvalue weighted by molar-refractivity contribution is -0.142. The number of carbonyl (C=O) groups excluding carboxylic acids is 3. The number of ether oxygens (including phenoxy) is 1. The number of Topliss-reactive ketones (excluding diaryl/α,β-unsaturated/α-hetero) is 1. The zero-order chi connectivity index (χ0) is 17.1. The summed E-state index contributed by atoms with van der Waals surface area (Å²) in [5.74, 6) is -0.922. The van der Waals surface area contributed by atoms with Crippen LogP contribution in [0, 0.1) is 11.3 Å². The number of fused-ring (bicyclic) bond motifs is 2. The van der Waals surface area contributed by atoms with Crippen molar-refractivity contribution < 1.29 is 19.1 Å². The van der Waals surface area contributed by atoms with Gasteiger partial charge in [0.05, 0.1) is 12.1 Å². The molecule has 0 unspecified atom stereocenters. The summed E-state index contributed by atoms with van der Waals surface area (Å²) in [6, 6.07) is 9.36. The van der Waals surface area contributed by atoms with E-state index in [1.807, 2.05) is 44.2 Å². The van der Waals surface area contributed by atoms with Gasteiger partial charge in [-0.15, -0.1) is 0 Å². The Labute approximate surface area is 140 Å². The van der Waals surface area contributed by atoms with Crippen molar-refractivity contribution in [1.29, 1.82) is 0 Å². The Morgan fingerprint density at radius 2 is 1.83 bits per heavy atom. The summed E-state index contributed by atoms with van der Waals surface area (Å²) >= 11 is 0. The molecule has 124 valence electrons. The van der Waals surface area contributed by atoms with Crippen molar-refractivity contribution in [2.45, 2.75) is 39.3 Å². The van der Waals surface area contributed by atoms with Gasteiger partial charge in [-0.3, -0.25) is 19.3 Å². The minimum atomic E-state index is -0.868. The van der Waals surface area contributed by atoms with Gasteiger partial charge in [0.1, 0.15) is 11.7 Å². The van der Waals surface area contributed by atoms with E-state index in [1.54, 1.807) is 0 Å². The van der Waals surface area contributed by atoms with E-state index >= 15 is 0 Å². The fraction of sp³-hybridized carbons (Fsp3) is 0.421. The second-order valence-electron chi connectivity index (χ2n) is 7.31. The number of hydrogen-bond donors (Lipinski definition) is 0. The molecule has 24 heavy (non-hydrogen) atoms. The van der Waals surface area contributed by atoms with Gasteiger partial charge in [0.2, 0.25) is 5.91 Å². The molecule has 1 fully saturated rings. The zero-order valence-electron chi connectivity index (χ0n) is 13.7. The average molecular weight is 325 g/mol. The highest BCUT2D eigenvalue weighted by atomic mass is 16.5. The fourth-order valence-electron chi connectivity index (χ4n) is 3.85. The van der Waals surface area contributed by atoms with Crippen LogP contribution in [0.5, 0.6) is 0 Å². The second-order valence-corrected chi connectivity index (χ2v) is 7.31. The lowest BCUT2D eigenvalue weighted by Crippen LogP contribution is -2.35. The molecule has 3 aliphatic rings.